The van der Waals surface area contributed by atoms with E-state index in [9.17, 15) is 14.0 Å². The maximum absolute atomic E-state index is 13.2. The number of anilines is 1. The molecule has 96 valence electrons. The van der Waals surface area contributed by atoms with Crippen LogP contribution in [-0.4, -0.2) is 22.9 Å². The van der Waals surface area contributed by atoms with E-state index >= 15 is 0 Å². The molecule has 1 heterocycles. The third-order valence-corrected chi connectivity index (χ3v) is 4.00. The fourth-order valence-corrected chi connectivity index (χ4v) is 2.65. The van der Waals surface area contributed by atoms with Gasteiger partial charge in [-0.15, -0.1) is 0 Å². The van der Waals surface area contributed by atoms with Crippen molar-refractivity contribution < 1.29 is 14.0 Å². The quantitative estimate of drug-likeness (QED) is 0.875. The maximum atomic E-state index is 13.2. The lowest BCUT2D eigenvalue weighted by Gasteiger charge is -2.13. The molecular formula is C11H10BrFN2O2S. The van der Waals surface area contributed by atoms with Crippen LogP contribution in [0.15, 0.2) is 16.6 Å². The molecule has 1 fully saturated rings. The molecule has 1 aromatic carbocycles. The molecule has 1 atom stereocenters. The van der Waals surface area contributed by atoms with Crippen LogP contribution >= 0.6 is 27.7 Å². The number of hydrogen-bond donors (Lipinski definition) is 2. The van der Waals surface area contributed by atoms with Crippen LogP contribution in [0, 0.1) is 12.7 Å². The van der Waals surface area contributed by atoms with Crippen molar-refractivity contribution >= 4 is 44.5 Å². The highest BCUT2D eigenvalue weighted by Gasteiger charge is 2.28. The average Bonchev–Trinajstić information content (AvgIpc) is 2.73. The first-order chi connectivity index (χ1) is 8.47. The predicted molar refractivity (Wildman–Crippen MR) is 72.2 cm³/mol. The van der Waals surface area contributed by atoms with E-state index in [2.05, 4.69) is 26.6 Å². The van der Waals surface area contributed by atoms with E-state index in [1.165, 1.54) is 12.1 Å². The van der Waals surface area contributed by atoms with Crippen molar-refractivity contribution in [3.8, 4) is 0 Å². The normalized spacial score (nSPS) is 18.6. The number of carbonyl (C=O) groups excluding carboxylic acids is 2. The van der Waals surface area contributed by atoms with Crippen molar-refractivity contribution in [2.24, 2.45) is 0 Å². The molecule has 1 aliphatic heterocycles. The first-order valence-electron chi connectivity index (χ1n) is 5.17. The van der Waals surface area contributed by atoms with Crippen LogP contribution in [0.1, 0.15) is 5.56 Å². The summed E-state index contributed by atoms with van der Waals surface area (Å²) in [6.45, 7) is 1.70. The first-order valence-corrected chi connectivity index (χ1v) is 6.95. The summed E-state index contributed by atoms with van der Waals surface area (Å²) in [5, 5.41) is 5.02. The fraction of sp³-hybridized carbons (Fsp3) is 0.273. The average molecular weight is 333 g/mol. The predicted octanol–water partition coefficient (Wildman–Crippen LogP) is 2.66. The Morgan fingerprint density at radius 2 is 2.33 bits per heavy atom. The number of thioether (sulfide) groups is 1. The van der Waals surface area contributed by atoms with Gasteiger partial charge in [0.05, 0.1) is 4.47 Å². The SMILES string of the molecule is Cc1cc(F)c(Br)cc1NC(=O)C1CSC(=O)N1. The van der Waals surface area contributed by atoms with Gasteiger partial charge in [-0.3, -0.25) is 9.59 Å². The highest BCUT2D eigenvalue weighted by Crippen LogP contribution is 2.25. The van der Waals surface area contributed by atoms with Crippen molar-refractivity contribution in [1.82, 2.24) is 5.32 Å². The molecule has 0 aromatic heterocycles. The summed E-state index contributed by atoms with van der Waals surface area (Å²) in [7, 11) is 0. The molecule has 0 spiro atoms. The fourth-order valence-electron chi connectivity index (χ4n) is 1.53. The highest BCUT2D eigenvalue weighted by molar-refractivity contribution is 9.10. The Morgan fingerprint density at radius 3 is 2.94 bits per heavy atom. The monoisotopic (exact) mass is 332 g/mol. The number of nitrogens with one attached hydrogen (secondary N) is 2. The summed E-state index contributed by atoms with van der Waals surface area (Å²) in [5.41, 5.74) is 1.15. The molecule has 1 aliphatic rings. The molecule has 0 aliphatic carbocycles. The van der Waals surface area contributed by atoms with E-state index in [4.69, 9.17) is 0 Å². The Morgan fingerprint density at radius 1 is 1.61 bits per heavy atom. The molecule has 0 saturated carbocycles. The summed E-state index contributed by atoms with van der Waals surface area (Å²) in [4.78, 5) is 22.9. The van der Waals surface area contributed by atoms with Gasteiger partial charge in [-0.1, -0.05) is 11.8 Å². The molecule has 7 heteroatoms. The van der Waals surface area contributed by atoms with E-state index in [1.807, 2.05) is 0 Å². The largest absolute Gasteiger partial charge is 0.334 e. The number of carbonyl (C=O) groups is 2. The van der Waals surface area contributed by atoms with Gasteiger partial charge < -0.3 is 10.6 Å². The molecule has 18 heavy (non-hydrogen) atoms. The van der Waals surface area contributed by atoms with Gasteiger partial charge in [-0.05, 0) is 40.5 Å². The zero-order chi connectivity index (χ0) is 13.3. The van der Waals surface area contributed by atoms with Gasteiger partial charge in [0.15, 0.2) is 0 Å². The molecule has 0 bridgehead atoms. The summed E-state index contributed by atoms with van der Waals surface area (Å²) in [6.07, 6.45) is 0. The van der Waals surface area contributed by atoms with Crippen LogP contribution in [0.25, 0.3) is 0 Å². The van der Waals surface area contributed by atoms with Crippen molar-refractivity contribution in [3.05, 3.63) is 28.0 Å². The molecule has 1 saturated heterocycles. The summed E-state index contributed by atoms with van der Waals surface area (Å²) in [6, 6.07) is 2.31. The molecule has 2 amide bonds. The minimum atomic E-state index is -0.536. The number of amides is 2. The third kappa shape index (κ3) is 2.84. The van der Waals surface area contributed by atoms with E-state index in [1.54, 1.807) is 6.92 Å². The minimum absolute atomic E-state index is 0.202. The minimum Gasteiger partial charge on any atom is -0.334 e. The Labute approximate surface area is 116 Å². The number of halogens is 2. The van der Waals surface area contributed by atoms with Crippen molar-refractivity contribution in [3.63, 3.8) is 0 Å². The molecule has 1 unspecified atom stereocenters. The van der Waals surface area contributed by atoms with Crippen LogP contribution < -0.4 is 10.6 Å². The number of hydrogen-bond acceptors (Lipinski definition) is 3. The summed E-state index contributed by atoms with van der Waals surface area (Å²) in [5.74, 6) is -0.267. The van der Waals surface area contributed by atoms with E-state index < -0.39 is 6.04 Å². The number of benzene rings is 1. The molecule has 2 rings (SSSR count). The Hall–Kier alpha value is -1.08. The second kappa shape index (κ2) is 5.27. The number of aryl methyl sites for hydroxylation is 1. The molecular weight excluding hydrogens is 323 g/mol. The lowest BCUT2D eigenvalue weighted by molar-refractivity contribution is -0.117. The standard InChI is InChI=1S/C11H10BrFN2O2S/c1-5-2-7(13)6(12)3-8(5)14-10(16)9-4-18-11(17)15-9/h2-3,9H,4H2,1H3,(H,14,16)(H,15,17). The lowest BCUT2D eigenvalue weighted by Crippen LogP contribution is -2.38. The second-order valence-corrected chi connectivity index (χ2v) is 5.71. The topological polar surface area (TPSA) is 58.2 Å². The molecule has 1 aromatic rings. The summed E-state index contributed by atoms with van der Waals surface area (Å²) < 4.78 is 13.5. The zero-order valence-electron chi connectivity index (χ0n) is 9.42. The van der Waals surface area contributed by atoms with Crippen LogP contribution in [0.2, 0.25) is 0 Å². The lowest BCUT2D eigenvalue weighted by atomic mass is 10.2. The van der Waals surface area contributed by atoms with E-state index in [0.717, 1.165) is 11.8 Å². The van der Waals surface area contributed by atoms with Gasteiger partial charge in [0.25, 0.3) is 5.24 Å². The maximum Gasteiger partial charge on any atom is 0.279 e. The van der Waals surface area contributed by atoms with Crippen LogP contribution in [-0.2, 0) is 4.79 Å². The summed E-state index contributed by atoms with van der Waals surface area (Å²) >= 11 is 4.14. The van der Waals surface area contributed by atoms with Gasteiger partial charge in [-0.25, -0.2) is 4.39 Å². The first kappa shape index (κ1) is 13.4. The van der Waals surface area contributed by atoms with Gasteiger partial charge >= 0.3 is 0 Å². The van der Waals surface area contributed by atoms with Crippen molar-refractivity contribution in [2.45, 2.75) is 13.0 Å². The number of rotatable bonds is 2. The third-order valence-electron chi connectivity index (χ3n) is 2.51. The molecule has 4 nitrogen and oxygen atoms in total. The van der Waals surface area contributed by atoms with Gasteiger partial charge in [0.1, 0.15) is 11.9 Å². The van der Waals surface area contributed by atoms with E-state index in [-0.39, 0.29) is 21.4 Å². The van der Waals surface area contributed by atoms with Gasteiger partial charge in [0, 0.05) is 11.4 Å². The molecule has 2 N–H and O–H groups in total. The highest BCUT2D eigenvalue weighted by atomic mass is 79.9. The molecule has 0 radical (unpaired) electrons. The van der Waals surface area contributed by atoms with Gasteiger partial charge in [-0.2, -0.15) is 0 Å². The second-order valence-electron chi connectivity index (χ2n) is 3.87. The van der Waals surface area contributed by atoms with Crippen LogP contribution in [0.3, 0.4) is 0 Å². The Kier molecular flexibility index (Phi) is 3.91. The van der Waals surface area contributed by atoms with Crippen molar-refractivity contribution in [1.29, 1.82) is 0 Å². The Balaban J connectivity index is 2.12. The zero-order valence-corrected chi connectivity index (χ0v) is 11.8. The van der Waals surface area contributed by atoms with Crippen molar-refractivity contribution in [2.75, 3.05) is 11.1 Å². The van der Waals surface area contributed by atoms with Crippen LogP contribution in [0.4, 0.5) is 14.9 Å². The Bertz CT molecular complexity index is 524. The van der Waals surface area contributed by atoms with Gasteiger partial charge in [0.2, 0.25) is 5.91 Å². The van der Waals surface area contributed by atoms with E-state index in [0.29, 0.717) is 17.0 Å². The van der Waals surface area contributed by atoms with Crippen LogP contribution in [0.5, 0.6) is 0 Å². The smallest absolute Gasteiger partial charge is 0.279 e.